The van der Waals surface area contributed by atoms with Crippen LogP contribution in [0.3, 0.4) is 0 Å². The Hall–Kier alpha value is -0.770. The molecule has 1 fully saturated rings. The molecule has 3 nitrogen and oxygen atoms in total. The summed E-state index contributed by atoms with van der Waals surface area (Å²) in [6, 6.07) is 7.95. The number of rotatable bonds is 3. The van der Waals surface area contributed by atoms with Crippen LogP contribution in [-0.4, -0.2) is 24.8 Å². The summed E-state index contributed by atoms with van der Waals surface area (Å²) in [4.78, 5) is 2.38. The van der Waals surface area contributed by atoms with Gasteiger partial charge in [-0.2, -0.15) is 0 Å². The van der Waals surface area contributed by atoms with Crippen LogP contribution in [0.15, 0.2) is 24.3 Å². The maximum atomic E-state index is 8.93. The van der Waals surface area contributed by atoms with Crippen LogP contribution in [-0.2, 0) is 0 Å². The van der Waals surface area contributed by atoms with Crippen LogP contribution in [0.5, 0.6) is 0 Å². The summed E-state index contributed by atoms with van der Waals surface area (Å²) in [5.74, 6) is 0. The average Bonchev–Trinajstić information content (AvgIpc) is 2.82. The first-order valence-corrected chi connectivity index (χ1v) is 5.52. The molecule has 1 heterocycles. The lowest BCUT2D eigenvalue weighted by molar-refractivity contribution is 0.268. The highest BCUT2D eigenvalue weighted by Crippen LogP contribution is 2.21. The fraction of sp³-hybridized carbons (Fsp3) is 0.500. The Morgan fingerprint density at radius 3 is 2.25 bits per heavy atom. The van der Waals surface area contributed by atoms with Gasteiger partial charge in [0.1, 0.15) is 0 Å². The number of nitrogens with two attached hydrogens (primary N) is 1. The molecule has 0 radical (unpaired) electrons. The van der Waals surface area contributed by atoms with Gasteiger partial charge in [-0.05, 0) is 30.5 Å². The summed E-state index contributed by atoms with van der Waals surface area (Å²) in [6.45, 7) is 2.32. The first kappa shape index (κ1) is 13.3. The van der Waals surface area contributed by atoms with Gasteiger partial charge >= 0.3 is 0 Å². The van der Waals surface area contributed by atoms with Crippen molar-refractivity contribution in [3.8, 4) is 0 Å². The molecule has 1 aromatic rings. The van der Waals surface area contributed by atoms with Gasteiger partial charge in [0, 0.05) is 18.8 Å². The third kappa shape index (κ3) is 2.88. The Morgan fingerprint density at radius 2 is 1.75 bits per heavy atom. The van der Waals surface area contributed by atoms with Crippen LogP contribution in [0.2, 0.25) is 0 Å². The highest BCUT2D eigenvalue weighted by atomic mass is 35.5. The van der Waals surface area contributed by atoms with E-state index < -0.39 is 0 Å². The van der Waals surface area contributed by atoms with Gasteiger partial charge in [0.2, 0.25) is 0 Å². The molecule has 1 aliphatic heterocycles. The predicted octanol–water partition coefficient (Wildman–Crippen LogP) is 1.70. The van der Waals surface area contributed by atoms with Crippen LogP contribution in [0.4, 0.5) is 5.69 Å². The van der Waals surface area contributed by atoms with Crippen molar-refractivity contribution in [3.63, 3.8) is 0 Å². The van der Waals surface area contributed by atoms with Crippen molar-refractivity contribution in [2.24, 2.45) is 5.73 Å². The highest BCUT2D eigenvalue weighted by Gasteiger charge is 2.12. The molecule has 90 valence electrons. The molecule has 0 bridgehead atoms. The largest absolute Gasteiger partial charge is 0.394 e. The molecular formula is C12H19ClN2O. The van der Waals surface area contributed by atoms with E-state index in [4.69, 9.17) is 10.8 Å². The minimum Gasteiger partial charge on any atom is -0.394 e. The van der Waals surface area contributed by atoms with Crippen molar-refractivity contribution in [2.45, 2.75) is 18.9 Å². The van der Waals surface area contributed by atoms with Crippen LogP contribution in [0, 0.1) is 0 Å². The number of hydrogen-bond donors (Lipinski definition) is 2. The van der Waals surface area contributed by atoms with Gasteiger partial charge in [0.15, 0.2) is 0 Å². The maximum Gasteiger partial charge on any atom is 0.0624 e. The smallest absolute Gasteiger partial charge is 0.0624 e. The maximum absolute atomic E-state index is 8.93. The van der Waals surface area contributed by atoms with Gasteiger partial charge in [0.05, 0.1) is 12.6 Å². The lowest BCUT2D eigenvalue weighted by atomic mass is 10.1. The number of aliphatic hydroxyl groups is 1. The molecule has 0 aliphatic carbocycles. The van der Waals surface area contributed by atoms with E-state index in [0.29, 0.717) is 0 Å². The third-order valence-corrected chi connectivity index (χ3v) is 2.99. The summed E-state index contributed by atoms with van der Waals surface area (Å²) in [5.41, 5.74) is 8.00. The van der Waals surface area contributed by atoms with Gasteiger partial charge in [-0.1, -0.05) is 12.1 Å². The van der Waals surface area contributed by atoms with E-state index in [1.54, 1.807) is 0 Å². The number of benzene rings is 1. The zero-order valence-corrected chi connectivity index (χ0v) is 10.1. The molecule has 0 spiro atoms. The SMILES string of the molecule is Cl.N[C@@H](CO)c1ccc(N2CCCC2)cc1. The minimum atomic E-state index is -0.252. The fourth-order valence-electron chi connectivity index (χ4n) is 2.01. The van der Waals surface area contributed by atoms with Crippen molar-refractivity contribution >= 4 is 18.1 Å². The monoisotopic (exact) mass is 242 g/mol. The molecule has 1 saturated heterocycles. The molecule has 16 heavy (non-hydrogen) atoms. The van der Waals surface area contributed by atoms with Gasteiger partial charge < -0.3 is 15.7 Å². The molecule has 3 N–H and O–H groups in total. The number of halogens is 1. The Kier molecular flexibility index (Phi) is 5.06. The quantitative estimate of drug-likeness (QED) is 0.848. The summed E-state index contributed by atoms with van der Waals surface area (Å²) in [5, 5.41) is 8.93. The molecule has 1 atom stereocenters. The summed E-state index contributed by atoms with van der Waals surface area (Å²) < 4.78 is 0. The Morgan fingerprint density at radius 1 is 1.19 bits per heavy atom. The Labute approximate surface area is 103 Å². The molecule has 1 aliphatic rings. The molecule has 4 heteroatoms. The molecule has 0 saturated carbocycles. The van der Waals surface area contributed by atoms with Crippen LogP contribution < -0.4 is 10.6 Å². The summed E-state index contributed by atoms with van der Waals surface area (Å²) in [7, 11) is 0. The number of nitrogens with zero attached hydrogens (tertiary/aromatic N) is 1. The molecule has 1 aromatic carbocycles. The molecular weight excluding hydrogens is 224 g/mol. The van der Waals surface area contributed by atoms with E-state index in [1.807, 2.05) is 12.1 Å². The van der Waals surface area contributed by atoms with Gasteiger partial charge in [-0.15, -0.1) is 12.4 Å². The second-order valence-corrected chi connectivity index (χ2v) is 4.07. The number of aliphatic hydroxyl groups excluding tert-OH is 1. The molecule has 0 amide bonds. The fourth-order valence-corrected chi connectivity index (χ4v) is 2.01. The van der Waals surface area contributed by atoms with Crippen molar-refractivity contribution in [1.82, 2.24) is 0 Å². The highest BCUT2D eigenvalue weighted by molar-refractivity contribution is 5.85. The molecule has 0 unspecified atom stereocenters. The third-order valence-electron chi connectivity index (χ3n) is 2.99. The van der Waals surface area contributed by atoms with E-state index in [9.17, 15) is 0 Å². The normalized spacial score (nSPS) is 17.0. The van der Waals surface area contributed by atoms with E-state index in [2.05, 4.69) is 17.0 Å². The van der Waals surface area contributed by atoms with E-state index >= 15 is 0 Å². The second kappa shape index (κ2) is 6.09. The Balaban J connectivity index is 0.00000128. The predicted molar refractivity (Wildman–Crippen MR) is 69.2 cm³/mol. The lowest BCUT2D eigenvalue weighted by Crippen LogP contribution is -2.18. The van der Waals surface area contributed by atoms with E-state index in [-0.39, 0.29) is 25.1 Å². The topological polar surface area (TPSA) is 49.5 Å². The van der Waals surface area contributed by atoms with Crippen LogP contribution in [0.1, 0.15) is 24.4 Å². The number of hydrogen-bond acceptors (Lipinski definition) is 3. The van der Waals surface area contributed by atoms with Gasteiger partial charge in [0.25, 0.3) is 0 Å². The lowest BCUT2D eigenvalue weighted by Gasteiger charge is -2.18. The zero-order chi connectivity index (χ0) is 10.7. The molecule has 2 rings (SSSR count). The standard InChI is InChI=1S/C12H18N2O.ClH/c13-12(9-15)10-3-5-11(6-4-10)14-7-1-2-8-14;/h3-6,12,15H,1-2,7-9,13H2;1H/t12-;/m0./s1. The van der Waals surface area contributed by atoms with Gasteiger partial charge in [-0.25, -0.2) is 0 Å². The van der Waals surface area contributed by atoms with Crippen molar-refractivity contribution in [1.29, 1.82) is 0 Å². The summed E-state index contributed by atoms with van der Waals surface area (Å²) in [6.07, 6.45) is 2.58. The van der Waals surface area contributed by atoms with Crippen LogP contribution >= 0.6 is 12.4 Å². The Bertz CT molecular complexity index is 309. The first-order valence-electron chi connectivity index (χ1n) is 5.52. The zero-order valence-electron chi connectivity index (χ0n) is 9.30. The summed E-state index contributed by atoms with van der Waals surface area (Å²) >= 11 is 0. The van der Waals surface area contributed by atoms with Crippen molar-refractivity contribution < 1.29 is 5.11 Å². The molecule has 0 aromatic heterocycles. The van der Waals surface area contributed by atoms with Crippen molar-refractivity contribution in [3.05, 3.63) is 29.8 Å². The average molecular weight is 243 g/mol. The van der Waals surface area contributed by atoms with Crippen molar-refractivity contribution in [2.75, 3.05) is 24.6 Å². The number of anilines is 1. The van der Waals surface area contributed by atoms with E-state index in [0.717, 1.165) is 18.7 Å². The van der Waals surface area contributed by atoms with Gasteiger partial charge in [-0.3, -0.25) is 0 Å². The minimum absolute atomic E-state index is 0. The van der Waals surface area contributed by atoms with Crippen LogP contribution in [0.25, 0.3) is 0 Å². The first-order chi connectivity index (χ1) is 7.31. The second-order valence-electron chi connectivity index (χ2n) is 4.07. The van der Waals surface area contributed by atoms with E-state index in [1.165, 1.54) is 18.5 Å².